The predicted octanol–water partition coefficient (Wildman–Crippen LogP) is 2.75. The number of carbonyl (C=O) groups excluding carboxylic acids is 2. The summed E-state index contributed by atoms with van der Waals surface area (Å²) in [6, 6.07) is 5.22. The molecular weight excluding hydrogens is 285 g/mol. The SMILES string of the molecule is O=C1SC(Br)C(=O)N1c1ccc(F)cc1. The fourth-order valence-corrected chi connectivity index (χ4v) is 2.57. The van der Waals surface area contributed by atoms with Gasteiger partial charge in [0.05, 0.1) is 5.69 Å². The van der Waals surface area contributed by atoms with Crippen molar-refractivity contribution in [3.8, 4) is 0 Å². The minimum Gasteiger partial charge on any atom is -0.272 e. The number of hydrogen-bond acceptors (Lipinski definition) is 3. The van der Waals surface area contributed by atoms with Crippen molar-refractivity contribution in [3.63, 3.8) is 0 Å². The van der Waals surface area contributed by atoms with Gasteiger partial charge in [-0.2, -0.15) is 0 Å². The van der Waals surface area contributed by atoms with Gasteiger partial charge in [0.15, 0.2) is 0 Å². The molecule has 15 heavy (non-hydrogen) atoms. The lowest BCUT2D eigenvalue weighted by Crippen LogP contribution is -2.29. The lowest BCUT2D eigenvalue weighted by molar-refractivity contribution is -0.115. The van der Waals surface area contributed by atoms with E-state index in [2.05, 4.69) is 15.9 Å². The van der Waals surface area contributed by atoms with Gasteiger partial charge in [0.2, 0.25) is 0 Å². The van der Waals surface area contributed by atoms with E-state index in [1.807, 2.05) is 0 Å². The number of alkyl halides is 1. The second kappa shape index (κ2) is 3.94. The van der Waals surface area contributed by atoms with Gasteiger partial charge >= 0.3 is 0 Å². The number of anilines is 1. The summed E-state index contributed by atoms with van der Waals surface area (Å²) in [6.07, 6.45) is 0. The molecule has 1 fully saturated rings. The van der Waals surface area contributed by atoms with Crippen LogP contribution in [-0.4, -0.2) is 15.3 Å². The van der Waals surface area contributed by atoms with Crippen molar-refractivity contribution in [2.45, 2.75) is 4.16 Å². The summed E-state index contributed by atoms with van der Waals surface area (Å²) in [4.78, 5) is 24.0. The smallest absolute Gasteiger partial charge is 0.272 e. The number of nitrogens with zero attached hydrogens (tertiary/aromatic N) is 1. The standard InChI is InChI=1S/C9H5BrFNO2S/c10-7-8(13)12(9(14)15-7)6-3-1-5(11)2-4-6/h1-4,7H. The van der Waals surface area contributed by atoms with Gasteiger partial charge in [-0.25, -0.2) is 9.29 Å². The molecule has 2 rings (SSSR count). The third-order valence-corrected chi connectivity index (χ3v) is 3.63. The molecule has 2 amide bonds. The fraction of sp³-hybridized carbons (Fsp3) is 0.111. The van der Waals surface area contributed by atoms with Crippen LogP contribution >= 0.6 is 27.7 Å². The molecule has 1 aromatic carbocycles. The zero-order valence-corrected chi connectivity index (χ0v) is 9.72. The van der Waals surface area contributed by atoms with E-state index in [9.17, 15) is 14.0 Å². The van der Waals surface area contributed by atoms with Crippen LogP contribution in [0, 0.1) is 5.82 Å². The molecule has 0 spiro atoms. The summed E-state index contributed by atoms with van der Waals surface area (Å²) < 4.78 is 12.1. The molecule has 1 aliphatic heterocycles. The van der Waals surface area contributed by atoms with Gasteiger partial charge in [-0.1, -0.05) is 15.9 Å². The van der Waals surface area contributed by atoms with E-state index in [1.165, 1.54) is 24.3 Å². The summed E-state index contributed by atoms with van der Waals surface area (Å²) in [7, 11) is 0. The van der Waals surface area contributed by atoms with Crippen molar-refractivity contribution >= 4 is 44.5 Å². The molecule has 0 aliphatic carbocycles. The largest absolute Gasteiger partial charge is 0.294 e. The van der Waals surface area contributed by atoms with Gasteiger partial charge in [-0.05, 0) is 36.0 Å². The average Bonchev–Trinajstić information content (AvgIpc) is 2.44. The summed E-state index contributed by atoms with van der Waals surface area (Å²) in [5.41, 5.74) is 0.390. The number of carbonyl (C=O) groups is 2. The van der Waals surface area contributed by atoms with Crippen molar-refractivity contribution in [2.24, 2.45) is 0 Å². The van der Waals surface area contributed by atoms with Crippen molar-refractivity contribution < 1.29 is 14.0 Å². The molecule has 78 valence electrons. The van der Waals surface area contributed by atoms with E-state index in [-0.39, 0.29) is 11.1 Å². The zero-order chi connectivity index (χ0) is 11.0. The molecule has 1 atom stereocenters. The molecule has 0 bridgehead atoms. The normalized spacial score (nSPS) is 21.2. The van der Waals surface area contributed by atoms with Gasteiger partial charge in [0.25, 0.3) is 11.1 Å². The molecule has 1 unspecified atom stereocenters. The molecule has 0 N–H and O–H groups in total. The molecule has 1 saturated heterocycles. The zero-order valence-electron chi connectivity index (χ0n) is 7.31. The first-order chi connectivity index (χ1) is 7.09. The van der Waals surface area contributed by atoms with Gasteiger partial charge in [0.1, 0.15) is 9.98 Å². The second-order valence-corrected chi connectivity index (χ2v) is 5.43. The number of hydrogen-bond donors (Lipinski definition) is 0. The highest BCUT2D eigenvalue weighted by Gasteiger charge is 2.38. The predicted molar refractivity (Wildman–Crippen MR) is 59.6 cm³/mol. The number of thioether (sulfide) groups is 1. The Morgan fingerprint density at radius 3 is 2.33 bits per heavy atom. The van der Waals surface area contributed by atoms with Gasteiger partial charge < -0.3 is 0 Å². The molecule has 0 saturated carbocycles. The maximum absolute atomic E-state index is 12.6. The monoisotopic (exact) mass is 289 g/mol. The molecule has 0 aromatic heterocycles. The molecule has 3 nitrogen and oxygen atoms in total. The molecular formula is C9H5BrFNO2S. The van der Waals surface area contributed by atoms with Crippen molar-refractivity contribution in [1.29, 1.82) is 0 Å². The number of amides is 2. The van der Waals surface area contributed by atoms with Crippen molar-refractivity contribution in [2.75, 3.05) is 4.90 Å². The third kappa shape index (κ3) is 1.91. The highest BCUT2D eigenvalue weighted by atomic mass is 79.9. The minimum atomic E-state index is -0.546. The topological polar surface area (TPSA) is 37.4 Å². The van der Waals surface area contributed by atoms with Crippen LogP contribution in [0.15, 0.2) is 24.3 Å². The van der Waals surface area contributed by atoms with Crippen LogP contribution in [0.2, 0.25) is 0 Å². The fourth-order valence-electron chi connectivity index (χ4n) is 1.21. The second-order valence-electron chi connectivity index (χ2n) is 2.85. The Kier molecular flexibility index (Phi) is 2.79. The van der Waals surface area contributed by atoms with Gasteiger partial charge in [0, 0.05) is 0 Å². The molecule has 1 heterocycles. The Hall–Kier alpha value is -0.880. The quantitative estimate of drug-likeness (QED) is 0.746. The Bertz CT molecular complexity index is 423. The first-order valence-electron chi connectivity index (χ1n) is 4.04. The minimum absolute atomic E-state index is 0.336. The summed E-state index contributed by atoms with van der Waals surface area (Å²) in [6.45, 7) is 0. The Morgan fingerprint density at radius 2 is 1.87 bits per heavy atom. The maximum atomic E-state index is 12.6. The summed E-state index contributed by atoms with van der Waals surface area (Å²) in [5, 5.41) is -0.353. The summed E-state index contributed by atoms with van der Waals surface area (Å²) >= 11 is 3.97. The van der Waals surface area contributed by atoms with Crippen LogP contribution in [0.3, 0.4) is 0 Å². The van der Waals surface area contributed by atoms with E-state index in [1.54, 1.807) is 0 Å². The highest BCUT2D eigenvalue weighted by Crippen LogP contribution is 2.34. The van der Waals surface area contributed by atoms with Crippen LogP contribution < -0.4 is 4.90 Å². The number of imide groups is 1. The van der Waals surface area contributed by atoms with E-state index in [0.29, 0.717) is 5.69 Å². The van der Waals surface area contributed by atoms with Crippen LogP contribution in [-0.2, 0) is 4.79 Å². The van der Waals surface area contributed by atoms with E-state index >= 15 is 0 Å². The van der Waals surface area contributed by atoms with Crippen LogP contribution in [0.1, 0.15) is 0 Å². The Labute approximate surface area is 97.8 Å². The van der Waals surface area contributed by atoms with E-state index < -0.39 is 9.98 Å². The lowest BCUT2D eigenvalue weighted by Gasteiger charge is -2.12. The Morgan fingerprint density at radius 1 is 1.27 bits per heavy atom. The number of benzene rings is 1. The van der Waals surface area contributed by atoms with Gasteiger partial charge in [-0.15, -0.1) is 0 Å². The molecule has 6 heteroatoms. The number of rotatable bonds is 1. The average molecular weight is 290 g/mol. The molecule has 1 aliphatic rings. The first kappa shape index (κ1) is 10.6. The van der Waals surface area contributed by atoms with Crippen LogP contribution in [0.5, 0.6) is 0 Å². The van der Waals surface area contributed by atoms with Crippen molar-refractivity contribution in [3.05, 3.63) is 30.1 Å². The highest BCUT2D eigenvalue weighted by molar-refractivity contribution is 9.12. The van der Waals surface area contributed by atoms with Gasteiger partial charge in [-0.3, -0.25) is 9.59 Å². The number of halogens is 2. The summed E-state index contributed by atoms with van der Waals surface area (Å²) in [5.74, 6) is -0.738. The van der Waals surface area contributed by atoms with Crippen LogP contribution in [0.4, 0.5) is 14.9 Å². The molecule has 1 aromatic rings. The maximum Gasteiger partial charge on any atom is 0.294 e. The third-order valence-electron chi connectivity index (χ3n) is 1.89. The van der Waals surface area contributed by atoms with Crippen molar-refractivity contribution in [1.82, 2.24) is 0 Å². The first-order valence-corrected chi connectivity index (χ1v) is 5.83. The van der Waals surface area contributed by atoms with E-state index in [4.69, 9.17) is 0 Å². The van der Waals surface area contributed by atoms with Crippen LogP contribution in [0.25, 0.3) is 0 Å². The lowest BCUT2D eigenvalue weighted by atomic mass is 10.3. The molecule has 0 radical (unpaired) electrons. The van der Waals surface area contributed by atoms with E-state index in [0.717, 1.165) is 16.7 Å². The Balaban J connectivity index is 2.35.